The number of amides is 1. The molecule has 102 valence electrons. The molecule has 1 rings (SSSR count). The molecule has 5 heteroatoms. The van der Waals surface area contributed by atoms with Gasteiger partial charge in [0.15, 0.2) is 0 Å². The standard InChI is InChI=1S/C12H24N2O2.ClH/c1-9(4-3-7-15)14-12(16)10-5-2-6-11(13)8-10;/h9-11,15H,2-8,13H2,1H3,(H,14,16);1H. The average Bonchev–Trinajstić information content (AvgIpc) is 2.26. The van der Waals surface area contributed by atoms with E-state index in [1.54, 1.807) is 0 Å². The van der Waals surface area contributed by atoms with Gasteiger partial charge in [-0.25, -0.2) is 0 Å². The van der Waals surface area contributed by atoms with E-state index in [-0.39, 0.29) is 42.9 Å². The molecule has 1 saturated carbocycles. The van der Waals surface area contributed by atoms with Crippen molar-refractivity contribution < 1.29 is 9.90 Å². The fourth-order valence-electron chi connectivity index (χ4n) is 2.30. The van der Waals surface area contributed by atoms with E-state index in [0.29, 0.717) is 0 Å². The van der Waals surface area contributed by atoms with E-state index in [1.165, 1.54) is 0 Å². The molecule has 0 spiro atoms. The second kappa shape index (κ2) is 8.72. The molecule has 17 heavy (non-hydrogen) atoms. The predicted molar refractivity (Wildman–Crippen MR) is 71.1 cm³/mol. The summed E-state index contributed by atoms with van der Waals surface area (Å²) in [6.45, 7) is 2.17. The van der Waals surface area contributed by atoms with E-state index in [4.69, 9.17) is 10.8 Å². The minimum Gasteiger partial charge on any atom is -0.396 e. The van der Waals surface area contributed by atoms with Crippen molar-refractivity contribution in [2.45, 2.75) is 57.5 Å². The Bertz CT molecular complexity index is 227. The molecular weight excluding hydrogens is 240 g/mol. The smallest absolute Gasteiger partial charge is 0.223 e. The molecule has 0 aromatic carbocycles. The zero-order chi connectivity index (χ0) is 12.0. The molecular formula is C12H25ClN2O2. The van der Waals surface area contributed by atoms with E-state index in [0.717, 1.165) is 38.5 Å². The van der Waals surface area contributed by atoms with Gasteiger partial charge in [-0.1, -0.05) is 6.42 Å². The average molecular weight is 265 g/mol. The first kappa shape index (κ1) is 16.7. The number of hydrogen-bond donors (Lipinski definition) is 3. The zero-order valence-corrected chi connectivity index (χ0v) is 11.3. The lowest BCUT2D eigenvalue weighted by Gasteiger charge is -2.27. The fourth-order valence-corrected chi connectivity index (χ4v) is 2.30. The van der Waals surface area contributed by atoms with Crippen molar-refractivity contribution in [2.75, 3.05) is 6.61 Å². The molecule has 1 aliphatic carbocycles. The van der Waals surface area contributed by atoms with Gasteiger partial charge in [-0.05, 0) is 39.0 Å². The van der Waals surface area contributed by atoms with Crippen LogP contribution in [-0.2, 0) is 4.79 Å². The van der Waals surface area contributed by atoms with Crippen LogP contribution in [0.3, 0.4) is 0 Å². The van der Waals surface area contributed by atoms with Crippen molar-refractivity contribution in [2.24, 2.45) is 11.7 Å². The summed E-state index contributed by atoms with van der Waals surface area (Å²) < 4.78 is 0. The van der Waals surface area contributed by atoms with Gasteiger partial charge in [0.1, 0.15) is 0 Å². The molecule has 3 unspecified atom stereocenters. The van der Waals surface area contributed by atoms with Crippen LogP contribution in [0.5, 0.6) is 0 Å². The SMILES string of the molecule is CC(CCCO)NC(=O)C1CCCC(N)C1.Cl. The maximum absolute atomic E-state index is 11.9. The first-order chi connectivity index (χ1) is 7.63. The Balaban J connectivity index is 0.00000256. The van der Waals surface area contributed by atoms with Crippen LogP contribution in [0.25, 0.3) is 0 Å². The quantitative estimate of drug-likeness (QED) is 0.699. The number of nitrogens with two attached hydrogens (primary N) is 1. The second-order valence-corrected chi connectivity index (χ2v) is 4.90. The number of halogens is 1. The van der Waals surface area contributed by atoms with Gasteiger partial charge in [0, 0.05) is 24.6 Å². The molecule has 0 aromatic rings. The summed E-state index contributed by atoms with van der Waals surface area (Å²) in [7, 11) is 0. The van der Waals surface area contributed by atoms with Crippen molar-refractivity contribution >= 4 is 18.3 Å². The highest BCUT2D eigenvalue weighted by atomic mass is 35.5. The van der Waals surface area contributed by atoms with Gasteiger partial charge in [-0.3, -0.25) is 4.79 Å². The molecule has 0 radical (unpaired) electrons. The van der Waals surface area contributed by atoms with Crippen LogP contribution >= 0.6 is 12.4 Å². The molecule has 3 atom stereocenters. The number of aliphatic hydroxyl groups is 1. The van der Waals surface area contributed by atoms with Gasteiger partial charge in [0.25, 0.3) is 0 Å². The van der Waals surface area contributed by atoms with Crippen LogP contribution in [0.4, 0.5) is 0 Å². The van der Waals surface area contributed by atoms with Crippen molar-refractivity contribution in [3.8, 4) is 0 Å². The number of carbonyl (C=O) groups excluding carboxylic acids is 1. The van der Waals surface area contributed by atoms with Crippen LogP contribution in [0.1, 0.15) is 45.4 Å². The summed E-state index contributed by atoms with van der Waals surface area (Å²) in [5, 5.41) is 11.7. The molecule has 0 bridgehead atoms. The van der Waals surface area contributed by atoms with Gasteiger partial charge < -0.3 is 16.2 Å². The Morgan fingerprint density at radius 1 is 1.53 bits per heavy atom. The first-order valence-corrected chi connectivity index (χ1v) is 6.30. The van der Waals surface area contributed by atoms with Gasteiger partial charge in [-0.15, -0.1) is 12.4 Å². The maximum atomic E-state index is 11.9. The first-order valence-electron chi connectivity index (χ1n) is 6.30. The minimum atomic E-state index is 0. The Kier molecular flexibility index (Phi) is 8.56. The Morgan fingerprint density at radius 2 is 2.24 bits per heavy atom. The number of carbonyl (C=O) groups is 1. The van der Waals surface area contributed by atoms with Crippen LogP contribution in [-0.4, -0.2) is 29.7 Å². The van der Waals surface area contributed by atoms with Crippen LogP contribution in [0.15, 0.2) is 0 Å². The minimum absolute atomic E-state index is 0. The fraction of sp³-hybridized carbons (Fsp3) is 0.917. The van der Waals surface area contributed by atoms with Crippen molar-refractivity contribution in [1.29, 1.82) is 0 Å². The summed E-state index contributed by atoms with van der Waals surface area (Å²) in [6, 6.07) is 0.343. The molecule has 4 nitrogen and oxygen atoms in total. The molecule has 4 N–H and O–H groups in total. The third kappa shape index (κ3) is 6.24. The number of hydrogen-bond acceptors (Lipinski definition) is 3. The zero-order valence-electron chi connectivity index (χ0n) is 10.5. The molecule has 1 aliphatic rings. The topological polar surface area (TPSA) is 75.3 Å². The normalized spacial score (nSPS) is 25.8. The lowest BCUT2D eigenvalue weighted by Crippen LogP contribution is -2.41. The highest BCUT2D eigenvalue weighted by Crippen LogP contribution is 2.23. The highest BCUT2D eigenvalue weighted by Gasteiger charge is 2.25. The van der Waals surface area contributed by atoms with Crippen LogP contribution < -0.4 is 11.1 Å². The van der Waals surface area contributed by atoms with E-state index in [1.807, 2.05) is 6.92 Å². The van der Waals surface area contributed by atoms with Crippen molar-refractivity contribution in [3.63, 3.8) is 0 Å². The molecule has 0 heterocycles. The summed E-state index contributed by atoms with van der Waals surface area (Å²) >= 11 is 0. The van der Waals surface area contributed by atoms with Crippen molar-refractivity contribution in [1.82, 2.24) is 5.32 Å². The second-order valence-electron chi connectivity index (χ2n) is 4.90. The molecule has 0 aromatic heterocycles. The molecule has 0 aliphatic heterocycles. The highest BCUT2D eigenvalue weighted by molar-refractivity contribution is 5.85. The Labute approximate surface area is 110 Å². The number of aliphatic hydroxyl groups excluding tert-OH is 1. The van der Waals surface area contributed by atoms with Gasteiger partial charge in [0.2, 0.25) is 5.91 Å². The molecule has 1 fully saturated rings. The monoisotopic (exact) mass is 264 g/mol. The van der Waals surface area contributed by atoms with Gasteiger partial charge in [-0.2, -0.15) is 0 Å². The summed E-state index contributed by atoms with van der Waals surface area (Å²) in [5.41, 5.74) is 5.86. The molecule has 0 saturated heterocycles. The summed E-state index contributed by atoms with van der Waals surface area (Å²) in [5.74, 6) is 0.237. The Hall–Kier alpha value is -0.320. The lowest BCUT2D eigenvalue weighted by atomic mass is 9.85. The van der Waals surface area contributed by atoms with Gasteiger partial charge in [0.05, 0.1) is 0 Å². The van der Waals surface area contributed by atoms with E-state index in [2.05, 4.69) is 5.32 Å². The Morgan fingerprint density at radius 3 is 2.82 bits per heavy atom. The van der Waals surface area contributed by atoms with Crippen LogP contribution in [0, 0.1) is 5.92 Å². The maximum Gasteiger partial charge on any atom is 0.223 e. The van der Waals surface area contributed by atoms with Crippen LogP contribution in [0.2, 0.25) is 0 Å². The largest absolute Gasteiger partial charge is 0.396 e. The number of rotatable bonds is 5. The third-order valence-corrected chi connectivity index (χ3v) is 3.27. The van der Waals surface area contributed by atoms with E-state index in [9.17, 15) is 4.79 Å². The summed E-state index contributed by atoms with van der Waals surface area (Å²) in [4.78, 5) is 11.9. The third-order valence-electron chi connectivity index (χ3n) is 3.27. The molecule has 1 amide bonds. The lowest BCUT2D eigenvalue weighted by molar-refractivity contribution is -0.126. The van der Waals surface area contributed by atoms with Crippen molar-refractivity contribution in [3.05, 3.63) is 0 Å². The number of nitrogens with one attached hydrogen (secondary N) is 1. The summed E-state index contributed by atoms with van der Waals surface area (Å²) in [6.07, 6.45) is 5.46. The predicted octanol–water partition coefficient (Wildman–Crippen LogP) is 1.20. The van der Waals surface area contributed by atoms with E-state index < -0.39 is 0 Å². The van der Waals surface area contributed by atoms with E-state index >= 15 is 0 Å². The van der Waals surface area contributed by atoms with Gasteiger partial charge >= 0.3 is 0 Å².